The van der Waals surface area contributed by atoms with Gasteiger partial charge in [0, 0.05) is 57.5 Å². The molecule has 0 bridgehead atoms. The summed E-state index contributed by atoms with van der Waals surface area (Å²) >= 11 is 0. The van der Waals surface area contributed by atoms with Crippen LogP contribution in [0.4, 0.5) is 0 Å². The molecular weight excluding hydrogens is 817 g/mol. The van der Waals surface area contributed by atoms with Crippen LogP contribution in [0.25, 0.3) is 99.2 Å². The number of benzene rings is 8. The average Bonchev–Trinajstić information content (AvgIpc) is 4.01. The summed E-state index contributed by atoms with van der Waals surface area (Å²) < 4.78 is 11.4. The molecule has 0 unspecified atom stereocenters. The van der Waals surface area contributed by atoms with E-state index in [4.69, 9.17) is 14.7 Å². The van der Waals surface area contributed by atoms with Crippen molar-refractivity contribution >= 4 is 54.6 Å². The number of pyridine rings is 2. The van der Waals surface area contributed by atoms with Gasteiger partial charge in [-0.05, 0) is 193 Å². The Hall–Kier alpha value is -8.02. The first-order valence-electron chi connectivity index (χ1n) is 23.2. The van der Waals surface area contributed by atoms with Gasteiger partial charge in [0.1, 0.15) is 22.8 Å². The van der Waals surface area contributed by atoms with Gasteiger partial charge in [0.25, 0.3) is 0 Å². The molecule has 67 heavy (non-hydrogen) atoms. The maximum atomic E-state index is 6.87. The predicted octanol–water partition coefficient (Wildman–Crippen LogP) is 16.5. The smallest absolute Gasteiger partial charge is 0.145 e. The first-order valence-corrected chi connectivity index (χ1v) is 23.2. The van der Waals surface area contributed by atoms with Crippen molar-refractivity contribution < 1.29 is 4.74 Å². The monoisotopic (exact) mass is 866 g/mol. The van der Waals surface area contributed by atoms with Gasteiger partial charge < -0.3 is 4.74 Å². The molecular formula is C62H50N4O. The quantitative estimate of drug-likeness (QED) is 0.156. The molecule has 0 saturated carbocycles. The second-order valence-corrected chi connectivity index (χ2v) is 18.6. The van der Waals surface area contributed by atoms with Gasteiger partial charge >= 0.3 is 0 Å². The number of nitrogens with zero attached hydrogens (tertiary/aromatic N) is 4. The third-order valence-electron chi connectivity index (χ3n) is 14.3. The number of ether oxygens (including phenoxy) is 1. The Kier molecular flexibility index (Phi) is 9.24. The molecule has 0 atom stereocenters. The highest BCUT2D eigenvalue weighted by Crippen LogP contribution is 2.47. The molecule has 4 aromatic heterocycles. The largest absolute Gasteiger partial charge is 0.457 e. The van der Waals surface area contributed by atoms with E-state index in [2.05, 4.69) is 210 Å². The molecule has 4 heterocycles. The van der Waals surface area contributed by atoms with E-state index in [9.17, 15) is 0 Å². The highest BCUT2D eigenvalue weighted by molar-refractivity contribution is 6.19. The van der Waals surface area contributed by atoms with Crippen LogP contribution in [0.2, 0.25) is 0 Å². The van der Waals surface area contributed by atoms with Gasteiger partial charge in [-0.25, -0.2) is 9.97 Å². The van der Waals surface area contributed by atoms with Crippen molar-refractivity contribution in [1.82, 2.24) is 18.8 Å². The maximum absolute atomic E-state index is 6.87. The molecule has 5 nitrogen and oxygen atoms in total. The van der Waals surface area contributed by atoms with Crippen LogP contribution >= 0.6 is 0 Å². The van der Waals surface area contributed by atoms with Crippen molar-refractivity contribution in [3.05, 3.63) is 203 Å². The van der Waals surface area contributed by atoms with Crippen LogP contribution in [-0.2, 0) is 0 Å². The number of rotatable bonds is 6. The number of fused-ring (bicyclic) bond motifs is 12. The van der Waals surface area contributed by atoms with Crippen LogP contribution < -0.4 is 4.74 Å². The second kappa shape index (κ2) is 15.3. The summed E-state index contributed by atoms with van der Waals surface area (Å²) in [4.78, 5) is 10.0. The van der Waals surface area contributed by atoms with Gasteiger partial charge in [0.15, 0.2) is 0 Å². The van der Waals surface area contributed by atoms with Crippen LogP contribution in [-0.4, -0.2) is 18.8 Å². The maximum Gasteiger partial charge on any atom is 0.145 e. The lowest BCUT2D eigenvalue weighted by atomic mass is 9.84. The lowest BCUT2D eigenvalue weighted by Crippen LogP contribution is -2.00. The van der Waals surface area contributed by atoms with Crippen molar-refractivity contribution in [2.24, 2.45) is 0 Å². The zero-order valence-electron chi connectivity index (χ0n) is 39.2. The first-order chi connectivity index (χ1) is 32.5. The van der Waals surface area contributed by atoms with Crippen molar-refractivity contribution in [2.75, 3.05) is 0 Å². The van der Waals surface area contributed by atoms with E-state index < -0.39 is 0 Å². The molecule has 12 aromatic rings. The summed E-state index contributed by atoms with van der Waals surface area (Å²) in [5.41, 5.74) is 24.0. The lowest BCUT2D eigenvalue weighted by molar-refractivity contribution is 0.484. The van der Waals surface area contributed by atoms with Gasteiger partial charge in [0.05, 0.1) is 11.0 Å². The van der Waals surface area contributed by atoms with E-state index in [0.29, 0.717) is 0 Å². The van der Waals surface area contributed by atoms with Gasteiger partial charge in [-0.2, -0.15) is 0 Å². The third kappa shape index (κ3) is 6.22. The van der Waals surface area contributed by atoms with E-state index >= 15 is 0 Å². The molecule has 0 amide bonds. The molecule has 0 N–H and O–H groups in total. The molecule has 0 saturated heterocycles. The molecule has 0 aliphatic heterocycles. The number of imidazole rings is 2. The normalized spacial score (nSPS) is 11.9. The summed E-state index contributed by atoms with van der Waals surface area (Å²) in [7, 11) is 0. The summed E-state index contributed by atoms with van der Waals surface area (Å²) in [6.07, 6.45) is 8.04. The summed E-state index contributed by atoms with van der Waals surface area (Å²) in [5, 5.41) is 6.66. The molecule has 0 fully saturated rings. The number of hydrogen-bond acceptors (Lipinski definition) is 3. The van der Waals surface area contributed by atoms with E-state index in [-0.39, 0.29) is 0 Å². The Bertz CT molecular complexity index is 3970. The first kappa shape index (κ1) is 40.5. The Balaban J connectivity index is 1.05. The number of hydrogen-bond donors (Lipinski definition) is 0. The van der Waals surface area contributed by atoms with Crippen molar-refractivity contribution in [3.8, 4) is 56.0 Å². The van der Waals surface area contributed by atoms with E-state index in [0.717, 1.165) is 55.4 Å². The zero-order chi connectivity index (χ0) is 45.8. The van der Waals surface area contributed by atoms with Gasteiger partial charge in [-0.3, -0.25) is 8.80 Å². The van der Waals surface area contributed by atoms with Crippen LogP contribution in [0, 0.1) is 55.4 Å². The fourth-order valence-corrected chi connectivity index (χ4v) is 11.4. The highest BCUT2D eigenvalue weighted by atomic mass is 16.5. The highest BCUT2D eigenvalue weighted by Gasteiger charge is 2.24. The molecule has 324 valence electrons. The molecule has 0 radical (unpaired) electrons. The fraction of sp³-hybridized carbons (Fsp3) is 0.129. The van der Waals surface area contributed by atoms with E-state index in [1.54, 1.807) is 0 Å². The standard InChI is InChI=1S/C62H50N4O/c1-35-13-9-14-36(2)54(35)43-31-50-47-24-22-45(34-52(47)61-63-27-29-65(61)59(50)53(32-43)56-39(5)17-11-18-40(56)6)67-44-21-23-46-48-25-26-49(55-37(3)15-10-16-38(55)4)58(57-41(7)19-12-20-42(57)8)60(48)66-30-28-64-62(66)51(46)33-44/h9-34H,1-8H3. The lowest BCUT2D eigenvalue weighted by Gasteiger charge is -2.22. The van der Waals surface area contributed by atoms with Crippen LogP contribution in [0.5, 0.6) is 11.5 Å². The summed E-state index contributed by atoms with van der Waals surface area (Å²) in [6.45, 7) is 17.8. The number of aromatic nitrogens is 4. The van der Waals surface area contributed by atoms with Crippen LogP contribution in [0.1, 0.15) is 44.5 Å². The predicted molar refractivity (Wildman–Crippen MR) is 280 cm³/mol. The van der Waals surface area contributed by atoms with Crippen LogP contribution in [0.3, 0.4) is 0 Å². The third-order valence-corrected chi connectivity index (χ3v) is 14.3. The second-order valence-electron chi connectivity index (χ2n) is 18.6. The molecule has 12 rings (SSSR count). The minimum atomic E-state index is 0.743. The minimum absolute atomic E-state index is 0.743. The van der Waals surface area contributed by atoms with Gasteiger partial charge in [-0.1, -0.05) is 84.9 Å². The fourth-order valence-electron chi connectivity index (χ4n) is 11.4. The van der Waals surface area contributed by atoms with Gasteiger partial charge in [-0.15, -0.1) is 0 Å². The number of aryl methyl sites for hydroxylation is 8. The van der Waals surface area contributed by atoms with E-state index in [1.807, 2.05) is 12.4 Å². The van der Waals surface area contributed by atoms with Crippen LogP contribution in [0.15, 0.2) is 158 Å². The Morgan fingerprint density at radius 2 is 0.776 bits per heavy atom. The topological polar surface area (TPSA) is 43.8 Å². The molecule has 8 aromatic carbocycles. The molecule has 5 heteroatoms. The van der Waals surface area contributed by atoms with Crippen molar-refractivity contribution in [2.45, 2.75) is 55.4 Å². The summed E-state index contributed by atoms with van der Waals surface area (Å²) in [6, 6.07) is 48.7. The minimum Gasteiger partial charge on any atom is -0.457 e. The van der Waals surface area contributed by atoms with Gasteiger partial charge in [0.2, 0.25) is 0 Å². The Morgan fingerprint density at radius 1 is 0.343 bits per heavy atom. The summed E-state index contributed by atoms with van der Waals surface area (Å²) in [5.74, 6) is 1.49. The zero-order valence-corrected chi connectivity index (χ0v) is 39.2. The Labute approximate surface area is 390 Å². The molecule has 0 spiro atoms. The Morgan fingerprint density at radius 3 is 1.30 bits per heavy atom. The molecule has 0 aliphatic carbocycles. The van der Waals surface area contributed by atoms with Crippen molar-refractivity contribution in [3.63, 3.8) is 0 Å². The SMILES string of the molecule is Cc1cccc(C)c1-c1cc(-c2c(C)cccc2C)c2c(c1)c1ccc(Oc3ccc4c(c3)c3nccn3c3c(-c5c(C)cccc5C)c(-c5c(C)cccc5C)ccc43)cc1c1nccn12. The van der Waals surface area contributed by atoms with Crippen molar-refractivity contribution in [1.29, 1.82) is 0 Å². The van der Waals surface area contributed by atoms with E-state index in [1.165, 1.54) is 99.8 Å². The molecule has 0 aliphatic rings. The average molecular weight is 867 g/mol.